The van der Waals surface area contributed by atoms with E-state index >= 15 is 0 Å². The zero-order chi connectivity index (χ0) is 12.7. The van der Waals surface area contributed by atoms with Gasteiger partial charge in [-0.3, -0.25) is 16.3 Å². The number of nitrogens with one attached hydrogen (secondary N) is 1. The van der Waals surface area contributed by atoms with Gasteiger partial charge in [0.2, 0.25) is 0 Å². The van der Waals surface area contributed by atoms with E-state index < -0.39 is 0 Å². The fraction of sp³-hybridized carbons (Fsp3) is 0.583. The summed E-state index contributed by atoms with van der Waals surface area (Å²) in [6.45, 7) is 4.55. The van der Waals surface area contributed by atoms with Gasteiger partial charge in [-0.15, -0.1) is 0 Å². The Labute approximate surface area is 101 Å². The number of pyridine rings is 1. The van der Waals surface area contributed by atoms with Gasteiger partial charge in [0.1, 0.15) is 5.82 Å². The molecule has 3 N–H and O–H groups in total. The van der Waals surface area contributed by atoms with E-state index in [1.54, 1.807) is 12.3 Å². The Morgan fingerprint density at radius 3 is 2.82 bits per heavy atom. The minimum atomic E-state index is -0.365. The maximum absolute atomic E-state index is 13.7. The van der Waals surface area contributed by atoms with Crippen LogP contribution in [0.3, 0.4) is 0 Å². The molecule has 2 unspecified atom stereocenters. The zero-order valence-electron chi connectivity index (χ0n) is 10.3. The van der Waals surface area contributed by atoms with Gasteiger partial charge in [0.05, 0.1) is 18.3 Å². The number of nitrogens with two attached hydrogens (primary N) is 1. The Kier molecular flexibility index (Phi) is 6.04. The maximum Gasteiger partial charge on any atom is 0.146 e. The molecule has 0 fully saturated rings. The molecule has 17 heavy (non-hydrogen) atoms. The van der Waals surface area contributed by atoms with Crippen molar-refractivity contribution >= 4 is 0 Å². The summed E-state index contributed by atoms with van der Waals surface area (Å²) in [6.07, 6.45) is 4.39. The summed E-state index contributed by atoms with van der Waals surface area (Å²) >= 11 is 0. The monoisotopic (exact) mass is 241 g/mol. The average Bonchev–Trinajstić information content (AvgIpc) is 2.33. The Balaban J connectivity index is 2.91. The summed E-state index contributed by atoms with van der Waals surface area (Å²) in [5.41, 5.74) is 3.13. The number of hydrazine groups is 1. The molecule has 1 rings (SSSR count). The molecular formula is C12H20FN3O. The van der Waals surface area contributed by atoms with E-state index in [0.717, 1.165) is 12.8 Å². The molecule has 0 bridgehead atoms. The van der Waals surface area contributed by atoms with Crippen molar-refractivity contribution in [1.29, 1.82) is 0 Å². The van der Waals surface area contributed by atoms with Crippen LogP contribution in [0.5, 0.6) is 0 Å². The minimum Gasteiger partial charge on any atom is -0.376 e. The quantitative estimate of drug-likeness (QED) is 0.565. The number of halogens is 1. The van der Waals surface area contributed by atoms with Crippen molar-refractivity contribution in [3.05, 3.63) is 29.8 Å². The van der Waals surface area contributed by atoms with Crippen molar-refractivity contribution in [1.82, 2.24) is 10.4 Å². The second-order valence-corrected chi connectivity index (χ2v) is 3.82. The lowest BCUT2D eigenvalue weighted by Crippen LogP contribution is -2.38. The van der Waals surface area contributed by atoms with Crippen LogP contribution in [0.1, 0.15) is 38.3 Å². The highest BCUT2D eigenvalue weighted by Crippen LogP contribution is 2.23. The molecule has 1 aromatic rings. The van der Waals surface area contributed by atoms with Crippen molar-refractivity contribution in [2.75, 3.05) is 6.61 Å². The van der Waals surface area contributed by atoms with Gasteiger partial charge in [0, 0.05) is 18.4 Å². The highest BCUT2D eigenvalue weighted by atomic mass is 19.1. The van der Waals surface area contributed by atoms with Gasteiger partial charge in [-0.2, -0.15) is 0 Å². The molecule has 1 aromatic heterocycles. The van der Waals surface area contributed by atoms with E-state index in [2.05, 4.69) is 17.3 Å². The van der Waals surface area contributed by atoms with E-state index in [0.29, 0.717) is 12.2 Å². The smallest absolute Gasteiger partial charge is 0.146 e. The first-order valence-corrected chi connectivity index (χ1v) is 5.91. The van der Waals surface area contributed by atoms with Crippen LogP contribution in [0, 0.1) is 5.82 Å². The lowest BCUT2D eigenvalue weighted by Gasteiger charge is -2.26. The molecule has 0 spiro atoms. The molecule has 2 atom stereocenters. The number of nitrogens with zero attached hydrogens (tertiary/aromatic N) is 1. The molecule has 0 radical (unpaired) electrons. The van der Waals surface area contributed by atoms with Crippen molar-refractivity contribution in [2.45, 2.75) is 38.8 Å². The van der Waals surface area contributed by atoms with E-state index in [9.17, 15) is 4.39 Å². The zero-order valence-corrected chi connectivity index (χ0v) is 10.3. The Hall–Kier alpha value is -1.04. The lowest BCUT2D eigenvalue weighted by atomic mass is 9.99. The van der Waals surface area contributed by atoms with Crippen molar-refractivity contribution in [2.24, 2.45) is 5.84 Å². The second kappa shape index (κ2) is 7.32. The number of ether oxygens (including phenoxy) is 1. The topological polar surface area (TPSA) is 60.2 Å². The highest BCUT2D eigenvalue weighted by Gasteiger charge is 2.24. The van der Waals surface area contributed by atoms with Gasteiger partial charge < -0.3 is 4.74 Å². The normalized spacial score (nSPS) is 14.6. The SMILES string of the molecule is CCCC(OCC)C(NN)c1ccncc1F. The van der Waals surface area contributed by atoms with Gasteiger partial charge in [-0.05, 0) is 19.4 Å². The van der Waals surface area contributed by atoms with E-state index in [1.807, 2.05) is 6.92 Å². The first-order chi connectivity index (χ1) is 8.24. The van der Waals surface area contributed by atoms with Gasteiger partial charge >= 0.3 is 0 Å². The molecule has 0 aliphatic heterocycles. The number of hydrogen-bond donors (Lipinski definition) is 2. The van der Waals surface area contributed by atoms with Crippen LogP contribution in [-0.2, 0) is 4.74 Å². The standard InChI is InChI=1S/C12H20FN3O/c1-3-5-11(17-4-2)12(16-14)9-6-7-15-8-10(9)13/h6-8,11-12,16H,3-5,14H2,1-2H3. The van der Waals surface area contributed by atoms with E-state index in [4.69, 9.17) is 10.6 Å². The molecule has 1 heterocycles. The van der Waals surface area contributed by atoms with Gasteiger partial charge in [-0.25, -0.2) is 4.39 Å². The molecule has 0 saturated heterocycles. The third kappa shape index (κ3) is 3.73. The average molecular weight is 241 g/mol. The molecule has 5 heteroatoms. The van der Waals surface area contributed by atoms with Crippen molar-refractivity contribution in [3.8, 4) is 0 Å². The van der Waals surface area contributed by atoms with Crippen LogP contribution in [0.25, 0.3) is 0 Å². The van der Waals surface area contributed by atoms with Gasteiger partial charge in [0.25, 0.3) is 0 Å². The Morgan fingerprint density at radius 2 is 2.29 bits per heavy atom. The molecule has 0 aliphatic rings. The summed E-state index contributed by atoms with van der Waals surface area (Å²) in [7, 11) is 0. The van der Waals surface area contributed by atoms with E-state index in [1.165, 1.54) is 6.20 Å². The molecule has 0 aliphatic carbocycles. The van der Waals surface area contributed by atoms with Crippen LogP contribution in [-0.4, -0.2) is 17.7 Å². The predicted molar refractivity (Wildman–Crippen MR) is 64.6 cm³/mol. The second-order valence-electron chi connectivity index (χ2n) is 3.82. The summed E-state index contributed by atoms with van der Waals surface area (Å²) < 4.78 is 19.3. The van der Waals surface area contributed by atoms with Crippen LogP contribution < -0.4 is 11.3 Å². The largest absolute Gasteiger partial charge is 0.376 e. The number of rotatable bonds is 7. The predicted octanol–water partition coefficient (Wildman–Crippen LogP) is 1.93. The van der Waals surface area contributed by atoms with Crippen LogP contribution in [0.2, 0.25) is 0 Å². The summed E-state index contributed by atoms with van der Waals surface area (Å²) in [5.74, 6) is 5.15. The third-order valence-corrected chi connectivity index (χ3v) is 2.64. The molecule has 96 valence electrons. The molecule has 0 amide bonds. The summed E-state index contributed by atoms with van der Waals surface area (Å²) in [4.78, 5) is 3.73. The van der Waals surface area contributed by atoms with Gasteiger partial charge in [0.15, 0.2) is 0 Å². The first-order valence-electron chi connectivity index (χ1n) is 5.91. The molecule has 0 saturated carbocycles. The molecular weight excluding hydrogens is 221 g/mol. The summed E-state index contributed by atoms with van der Waals surface area (Å²) in [5, 5.41) is 0. The molecule has 4 nitrogen and oxygen atoms in total. The number of aromatic nitrogens is 1. The number of hydrogen-bond acceptors (Lipinski definition) is 4. The fourth-order valence-corrected chi connectivity index (χ4v) is 1.88. The van der Waals surface area contributed by atoms with Crippen molar-refractivity contribution < 1.29 is 9.13 Å². The van der Waals surface area contributed by atoms with Crippen LogP contribution in [0.15, 0.2) is 18.5 Å². The Morgan fingerprint density at radius 1 is 1.53 bits per heavy atom. The highest BCUT2D eigenvalue weighted by molar-refractivity contribution is 5.18. The van der Waals surface area contributed by atoms with Gasteiger partial charge in [-0.1, -0.05) is 13.3 Å². The summed E-state index contributed by atoms with van der Waals surface area (Å²) in [6, 6.07) is 1.28. The maximum atomic E-state index is 13.7. The third-order valence-electron chi connectivity index (χ3n) is 2.64. The van der Waals surface area contributed by atoms with E-state index in [-0.39, 0.29) is 18.0 Å². The van der Waals surface area contributed by atoms with Crippen LogP contribution >= 0.6 is 0 Å². The first kappa shape index (κ1) is 14.0. The van der Waals surface area contributed by atoms with Crippen LogP contribution in [0.4, 0.5) is 4.39 Å². The van der Waals surface area contributed by atoms with Crippen molar-refractivity contribution in [3.63, 3.8) is 0 Å². The molecule has 0 aromatic carbocycles. The lowest BCUT2D eigenvalue weighted by molar-refractivity contribution is 0.0267. The Bertz CT molecular complexity index is 329. The minimum absolute atomic E-state index is 0.132. The fourth-order valence-electron chi connectivity index (χ4n) is 1.88.